The molecule has 0 aromatic heterocycles. The second-order valence-corrected chi connectivity index (χ2v) is 5.59. The maximum absolute atomic E-state index is 13.6. The Hall–Kier alpha value is -1.22. The monoisotopic (exact) mass is 292 g/mol. The number of ether oxygens (including phenoxy) is 1. The summed E-state index contributed by atoms with van der Waals surface area (Å²) in [5, 5.41) is 8.85. The summed E-state index contributed by atoms with van der Waals surface area (Å²) in [5.41, 5.74) is 5.32. The minimum Gasteiger partial charge on any atom is -0.398 e. The van der Waals surface area contributed by atoms with E-state index in [4.69, 9.17) is 15.6 Å². The molecule has 0 aliphatic rings. The smallest absolute Gasteiger partial charge is 0.245 e. The molecule has 6 nitrogen and oxygen atoms in total. The zero-order valence-electron chi connectivity index (χ0n) is 10.5. The van der Waals surface area contributed by atoms with Crippen LogP contribution in [-0.4, -0.2) is 39.9 Å². The van der Waals surface area contributed by atoms with Crippen LogP contribution in [0.1, 0.15) is 6.42 Å². The van der Waals surface area contributed by atoms with Gasteiger partial charge in [0.05, 0.1) is 12.3 Å². The van der Waals surface area contributed by atoms with Gasteiger partial charge in [-0.2, -0.15) is 0 Å². The normalized spacial score (nSPS) is 13.4. The Balaban J connectivity index is 3.03. The van der Waals surface area contributed by atoms with Crippen molar-refractivity contribution in [1.29, 1.82) is 0 Å². The number of benzene rings is 1. The quantitative estimate of drug-likeness (QED) is 0.618. The van der Waals surface area contributed by atoms with Crippen LogP contribution in [0, 0.1) is 5.82 Å². The maximum atomic E-state index is 13.6. The predicted molar refractivity (Wildman–Crippen MR) is 68.5 cm³/mol. The molecule has 1 atom stereocenters. The van der Waals surface area contributed by atoms with Gasteiger partial charge in [0.2, 0.25) is 10.0 Å². The molecule has 4 N–H and O–H groups in total. The molecule has 1 aromatic carbocycles. The number of hydrogen-bond acceptors (Lipinski definition) is 5. The molecule has 0 heterocycles. The van der Waals surface area contributed by atoms with Crippen molar-refractivity contribution in [2.45, 2.75) is 17.4 Å². The molecule has 19 heavy (non-hydrogen) atoms. The average molecular weight is 292 g/mol. The first-order valence-corrected chi connectivity index (χ1v) is 7.06. The number of hydrogen-bond donors (Lipinski definition) is 3. The highest BCUT2D eigenvalue weighted by Gasteiger charge is 2.25. The van der Waals surface area contributed by atoms with E-state index < -0.39 is 26.8 Å². The van der Waals surface area contributed by atoms with Crippen LogP contribution < -0.4 is 10.5 Å². The fourth-order valence-electron chi connectivity index (χ4n) is 1.62. The van der Waals surface area contributed by atoms with Crippen LogP contribution in [0.3, 0.4) is 0 Å². The third-order valence-electron chi connectivity index (χ3n) is 2.43. The Morgan fingerprint density at radius 2 is 2.21 bits per heavy atom. The molecule has 0 spiro atoms. The Labute approximate surface area is 111 Å². The summed E-state index contributed by atoms with van der Waals surface area (Å²) in [6.07, 6.45) is 0.154. The molecular weight excluding hydrogens is 275 g/mol. The van der Waals surface area contributed by atoms with Gasteiger partial charge in [-0.1, -0.05) is 6.07 Å². The van der Waals surface area contributed by atoms with Crippen molar-refractivity contribution < 1.29 is 22.7 Å². The highest BCUT2D eigenvalue weighted by molar-refractivity contribution is 7.89. The molecule has 0 radical (unpaired) electrons. The summed E-state index contributed by atoms with van der Waals surface area (Å²) in [6, 6.07) is 2.99. The minimum absolute atomic E-state index is 0.0636. The number of nitrogens with one attached hydrogen (secondary N) is 1. The first-order chi connectivity index (χ1) is 8.92. The number of nitrogen functional groups attached to an aromatic ring is 1. The van der Waals surface area contributed by atoms with E-state index >= 15 is 0 Å². The predicted octanol–water partition coefficient (Wildman–Crippen LogP) is 0.0836. The van der Waals surface area contributed by atoms with Crippen molar-refractivity contribution >= 4 is 15.7 Å². The van der Waals surface area contributed by atoms with E-state index in [9.17, 15) is 12.8 Å². The largest absolute Gasteiger partial charge is 0.398 e. The standard InChI is InChI=1S/C11H17FN2O4S/c1-18-7-8(5-6-15)14-19(16,17)11-9(12)3-2-4-10(11)13/h2-4,8,14-15H,5-7,13H2,1H3. The fourth-order valence-corrected chi connectivity index (χ4v) is 3.07. The van der Waals surface area contributed by atoms with Crippen LogP contribution in [-0.2, 0) is 14.8 Å². The van der Waals surface area contributed by atoms with Crippen molar-refractivity contribution in [3.63, 3.8) is 0 Å². The summed E-state index contributed by atoms with van der Waals surface area (Å²) >= 11 is 0. The van der Waals surface area contributed by atoms with Crippen molar-refractivity contribution in [1.82, 2.24) is 4.72 Å². The first kappa shape index (κ1) is 15.8. The van der Waals surface area contributed by atoms with Gasteiger partial charge in [0.1, 0.15) is 10.7 Å². The molecule has 0 saturated carbocycles. The number of sulfonamides is 1. The molecule has 0 aliphatic heterocycles. The average Bonchev–Trinajstić information content (AvgIpc) is 2.28. The first-order valence-electron chi connectivity index (χ1n) is 5.58. The lowest BCUT2D eigenvalue weighted by Gasteiger charge is -2.18. The van der Waals surface area contributed by atoms with Crippen LogP contribution in [0.15, 0.2) is 23.1 Å². The van der Waals surface area contributed by atoms with E-state index in [2.05, 4.69) is 4.72 Å². The number of aliphatic hydroxyl groups excluding tert-OH is 1. The SMILES string of the molecule is COCC(CCO)NS(=O)(=O)c1c(N)cccc1F. The molecule has 1 unspecified atom stereocenters. The van der Waals surface area contributed by atoms with Gasteiger partial charge >= 0.3 is 0 Å². The molecule has 0 fully saturated rings. The van der Waals surface area contributed by atoms with Gasteiger partial charge in [-0.15, -0.1) is 0 Å². The summed E-state index contributed by atoms with van der Waals surface area (Å²) < 4.78 is 44.8. The van der Waals surface area contributed by atoms with Crippen LogP contribution in [0.2, 0.25) is 0 Å². The van der Waals surface area contributed by atoms with Gasteiger partial charge < -0.3 is 15.6 Å². The third kappa shape index (κ3) is 4.13. The highest BCUT2D eigenvalue weighted by Crippen LogP contribution is 2.21. The maximum Gasteiger partial charge on any atom is 0.245 e. The Morgan fingerprint density at radius 1 is 1.53 bits per heavy atom. The Bertz CT molecular complexity index is 495. The van der Waals surface area contributed by atoms with Crippen molar-refractivity contribution in [3.8, 4) is 0 Å². The highest BCUT2D eigenvalue weighted by atomic mass is 32.2. The molecule has 0 amide bonds. The van der Waals surface area contributed by atoms with Gasteiger partial charge in [-0.25, -0.2) is 17.5 Å². The summed E-state index contributed by atoms with van der Waals surface area (Å²) in [7, 11) is -2.71. The molecule has 0 bridgehead atoms. The van der Waals surface area contributed by atoms with Crippen LogP contribution in [0.5, 0.6) is 0 Å². The molecule has 8 heteroatoms. The summed E-state index contributed by atoms with van der Waals surface area (Å²) in [5.74, 6) is -0.923. The lowest BCUT2D eigenvalue weighted by atomic mass is 10.2. The molecule has 1 rings (SSSR count). The zero-order valence-corrected chi connectivity index (χ0v) is 11.3. The van der Waals surface area contributed by atoms with E-state index in [1.165, 1.54) is 19.2 Å². The Morgan fingerprint density at radius 3 is 2.74 bits per heavy atom. The lowest BCUT2D eigenvalue weighted by molar-refractivity contribution is 0.158. The minimum atomic E-state index is -4.11. The van der Waals surface area contributed by atoms with Gasteiger partial charge in [-0.3, -0.25) is 0 Å². The van der Waals surface area contributed by atoms with E-state index in [0.29, 0.717) is 0 Å². The van der Waals surface area contributed by atoms with Gasteiger partial charge in [-0.05, 0) is 18.6 Å². The molecule has 0 saturated heterocycles. The summed E-state index contributed by atoms with van der Waals surface area (Å²) in [4.78, 5) is -0.589. The number of rotatable bonds is 7. The number of nitrogens with two attached hydrogens (primary N) is 1. The van der Waals surface area contributed by atoms with Crippen molar-refractivity contribution in [3.05, 3.63) is 24.0 Å². The van der Waals surface area contributed by atoms with Crippen LogP contribution in [0.4, 0.5) is 10.1 Å². The molecular formula is C11H17FN2O4S. The lowest BCUT2D eigenvalue weighted by Crippen LogP contribution is -2.39. The fraction of sp³-hybridized carbons (Fsp3) is 0.455. The van der Waals surface area contributed by atoms with Gasteiger partial charge in [0.15, 0.2) is 0 Å². The molecule has 1 aromatic rings. The van der Waals surface area contributed by atoms with E-state index in [-0.39, 0.29) is 25.3 Å². The van der Waals surface area contributed by atoms with Gasteiger partial charge in [0.25, 0.3) is 0 Å². The van der Waals surface area contributed by atoms with E-state index in [1.807, 2.05) is 0 Å². The number of anilines is 1. The van der Waals surface area contributed by atoms with Crippen molar-refractivity contribution in [2.24, 2.45) is 0 Å². The molecule has 108 valence electrons. The second-order valence-electron chi connectivity index (χ2n) is 3.94. The zero-order chi connectivity index (χ0) is 14.5. The number of halogens is 1. The van der Waals surface area contributed by atoms with Gasteiger partial charge in [0, 0.05) is 19.8 Å². The summed E-state index contributed by atoms with van der Waals surface area (Å²) in [6.45, 7) is -0.155. The number of aliphatic hydroxyl groups is 1. The Kier molecular flexibility index (Phi) is 5.67. The van der Waals surface area contributed by atoms with Crippen molar-refractivity contribution in [2.75, 3.05) is 26.1 Å². The second kappa shape index (κ2) is 6.80. The number of methoxy groups -OCH3 is 1. The molecule has 0 aliphatic carbocycles. The topological polar surface area (TPSA) is 102 Å². The van der Waals surface area contributed by atoms with E-state index in [1.54, 1.807) is 0 Å². The van der Waals surface area contributed by atoms with E-state index in [0.717, 1.165) is 6.07 Å². The van der Waals surface area contributed by atoms with Crippen LogP contribution >= 0.6 is 0 Å². The third-order valence-corrected chi connectivity index (χ3v) is 4.05. The van der Waals surface area contributed by atoms with Crippen LogP contribution in [0.25, 0.3) is 0 Å².